The van der Waals surface area contributed by atoms with Crippen molar-refractivity contribution >= 4 is 0 Å². The van der Waals surface area contributed by atoms with Crippen molar-refractivity contribution in [3.63, 3.8) is 0 Å². The molecule has 1 aliphatic heterocycles. The normalized spacial score (nSPS) is 18.7. The van der Waals surface area contributed by atoms with Crippen LogP contribution >= 0.6 is 0 Å². The highest BCUT2D eigenvalue weighted by Crippen LogP contribution is 2.23. The van der Waals surface area contributed by atoms with Gasteiger partial charge in [-0.1, -0.05) is 29.3 Å². The molecule has 21 heavy (non-hydrogen) atoms. The summed E-state index contributed by atoms with van der Waals surface area (Å²) in [4.78, 5) is 2.48. The van der Waals surface area contributed by atoms with Gasteiger partial charge in [-0.15, -0.1) is 0 Å². The topological polar surface area (TPSA) is 50.5 Å². The van der Waals surface area contributed by atoms with Gasteiger partial charge in [0.15, 0.2) is 0 Å². The molecule has 0 bridgehead atoms. The zero-order valence-electron chi connectivity index (χ0n) is 13.8. The maximum Gasteiger partial charge on any atom is 0.0594 e. The second-order valence-electron chi connectivity index (χ2n) is 6.67. The van der Waals surface area contributed by atoms with E-state index in [1.165, 1.54) is 16.7 Å². The smallest absolute Gasteiger partial charge is 0.0594 e. The lowest BCUT2D eigenvalue weighted by Crippen LogP contribution is -2.62. The van der Waals surface area contributed by atoms with Crippen molar-refractivity contribution in [2.75, 3.05) is 26.3 Å². The minimum atomic E-state index is -0.00379. The van der Waals surface area contributed by atoms with Gasteiger partial charge >= 0.3 is 0 Å². The molecule has 4 heteroatoms. The van der Waals surface area contributed by atoms with Crippen LogP contribution in [0.1, 0.15) is 30.5 Å². The maximum atomic E-state index is 5.88. The van der Waals surface area contributed by atoms with Gasteiger partial charge in [-0.25, -0.2) is 0 Å². The monoisotopic (exact) mass is 291 g/mol. The number of nitrogens with two attached hydrogens (primary N) is 1. The second-order valence-corrected chi connectivity index (χ2v) is 6.67. The van der Waals surface area contributed by atoms with E-state index in [1.54, 1.807) is 0 Å². The van der Waals surface area contributed by atoms with Gasteiger partial charge in [-0.2, -0.15) is 0 Å². The fourth-order valence-corrected chi connectivity index (χ4v) is 3.30. The molecule has 4 nitrogen and oxygen atoms in total. The number of hydrogen-bond acceptors (Lipinski definition) is 4. The molecule has 1 unspecified atom stereocenters. The van der Waals surface area contributed by atoms with Crippen molar-refractivity contribution in [1.82, 2.24) is 10.3 Å². The van der Waals surface area contributed by atoms with Crippen LogP contribution in [-0.4, -0.2) is 42.8 Å². The van der Waals surface area contributed by atoms with E-state index in [4.69, 9.17) is 10.6 Å². The molecule has 0 spiro atoms. The zero-order valence-corrected chi connectivity index (χ0v) is 13.8. The van der Waals surface area contributed by atoms with E-state index in [0.29, 0.717) is 0 Å². The highest BCUT2D eigenvalue weighted by Gasteiger charge is 2.35. The van der Waals surface area contributed by atoms with Gasteiger partial charge < -0.3 is 4.74 Å². The van der Waals surface area contributed by atoms with Crippen molar-refractivity contribution in [3.8, 4) is 0 Å². The summed E-state index contributed by atoms with van der Waals surface area (Å²) in [6.07, 6.45) is 0.934. The molecule has 3 N–H and O–H groups in total. The molecule has 1 aromatic carbocycles. The summed E-state index contributed by atoms with van der Waals surface area (Å²) in [5.41, 5.74) is 7.01. The summed E-state index contributed by atoms with van der Waals surface area (Å²) in [5, 5.41) is 0. The van der Waals surface area contributed by atoms with E-state index in [1.807, 2.05) is 0 Å². The number of benzene rings is 1. The first-order chi connectivity index (χ1) is 9.93. The molecule has 1 saturated heterocycles. The number of morpholine rings is 1. The Hall–Kier alpha value is -0.940. The molecule has 0 aliphatic carbocycles. The Balaban J connectivity index is 2.13. The molecule has 1 atom stereocenters. The lowest BCUT2D eigenvalue weighted by Gasteiger charge is -2.45. The Kier molecular flexibility index (Phi) is 5.38. The predicted molar refractivity (Wildman–Crippen MR) is 87.2 cm³/mol. The van der Waals surface area contributed by atoms with E-state index >= 15 is 0 Å². The van der Waals surface area contributed by atoms with Crippen molar-refractivity contribution < 1.29 is 4.74 Å². The number of aryl methyl sites for hydroxylation is 2. The fraction of sp³-hybridized carbons (Fsp3) is 0.647. The van der Waals surface area contributed by atoms with Crippen molar-refractivity contribution in [2.45, 2.75) is 45.7 Å². The largest absolute Gasteiger partial charge is 0.379 e. The number of nitrogens with one attached hydrogen (secondary N) is 1. The van der Waals surface area contributed by atoms with Gasteiger partial charge in [0, 0.05) is 24.7 Å². The van der Waals surface area contributed by atoms with Crippen LogP contribution in [0.3, 0.4) is 0 Å². The molecule has 118 valence electrons. The van der Waals surface area contributed by atoms with E-state index in [2.05, 4.69) is 56.2 Å². The Morgan fingerprint density at radius 3 is 2.29 bits per heavy atom. The third-order valence-corrected chi connectivity index (χ3v) is 4.60. The first-order valence-electron chi connectivity index (χ1n) is 7.79. The number of ether oxygens (including phenoxy) is 1. The van der Waals surface area contributed by atoms with E-state index in [0.717, 1.165) is 32.7 Å². The molecule has 1 fully saturated rings. The number of nitrogens with zero attached hydrogens (tertiary/aromatic N) is 1. The Labute approximate surface area is 128 Å². The van der Waals surface area contributed by atoms with Crippen LogP contribution < -0.4 is 11.3 Å². The Morgan fingerprint density at radius 2 is 1.76 bits per heavy atom. The SMILES string of the molecule is Cc1cc(C)cc(CC(NN)C(C)(C)N2CCOCC2)c1. The third-order valence-electron chi connectivity index (χ3n) is 4.60. The van der Waals surface area contributed by atoms with E-state index in [-0.39, 0.29) is 11.6 Å². The maximum absolute atomic E-state index is 5.88. The molecular formula is C17H29N3O. The highest BCUT2D eigenvalue weighted by atomic mass is 16.5. The molecule has 0 amide bonds. The lowest BCUT2D eigenvalue weighted by atomic mass is 9.87. The van der Waals surface area contributed by atoms with Gasteiger partial charge in [-0.3, -0.25) is 16.2 Å². The number of hydrazine groups is 1. The summed E-state index contributed by atoms with van der Waals surface area (Å²) >= 11 is 0. The second kappa shape index (κ2) is 6.88. The average Bonchev–Trinajstić information content (AvgIpc) is 2.44. The molecule has 0 radical (unpaired) electrons. The van der Waals surface area contributed by atoms with Crippen molar-refractivity contribution in [1.29, 1.82) is 0 Å². The van der Waals surface area contributed by atoms with E-state index < -0.39 is 0 Å². The number of rotatable bonds is 5. The molecule has 1 aromatic rings. The van der Waals surface area contributed by atoms with Gasteiger partial charge in [0.2, 0.25) is 0 Å². The summed E-state index contributed by atoms with van der Waals surface area (Å²) < 4.78 is 5.46. The number of hydrogen-bond donors (Lipinski definition) is 2. The van der Waals surface area contributed by atoms with Crippen LogP contribution in [0.5, 0.6) is 0 Å². The van der Waals surface area contributed by atoms with Crippen LogP contribution in [0, 0.1) is 13.8 Å². The zero-order chi connectivity index (χ0) is 15.5. The van der Waals surface area contributed by atoms with Crippen LogP contribution in [0.15, 0.2) is 18.2 Å². The lowest BCUT2D eigenvalue weighted by molar-refractivity contribution is -0.0233. The Bertz CT molecular complexity index is 447. The van der Waals surface area contributed by atoms with Crippen LogP contribution in [0.2, 0.25) is 0 Å². The predicted octanol–water partition coefficient (Wildman–Crippen LogP) is 1.79. The van der Waals surface area contributed by atoms with Gasteiger partial charge in [0.1, 0.15) is 0 Å². The van der Waals surface area contributed by atoms with Gasteiger partial charge in [-0.05, 0) is 39.7 Å². The van der Waals surface area contributed by atoms with Gasteiger partial charge in [0.25, 0.3) is 0 Å². The van der Waals surface area contributed by atoms with Crippen LogP contribution in [-0.2, 0) is 11.2 Å². The molecule has 0 saturated carbocycles. The van der Waals surface area contributed by atoms with Crippen molar-refractivity contribution in [2.24, 2.45) is 5.84 Å². The fourth-order valence-electron chi connectivity index (χ4n) is 3.30. The summed E-state index contributed by atoms with van der Waals surface area (Å²) in [6, 6.07) is 6.93. The first-order valence-corrected chi connectivity index (χ1v) is 7.79. The minimum Gasteiger partial charge on any atom is -0.379 e. The van der Waals surface area contributed by atoms with Crippen molar-refractivity contribution in [3.05, 3.63) is 34.9 Å². The quantitative estimate of drug-likeness (QED) is 0.641. The van der Waals surface area contributed by atoms with Gasteiger partial charge in [0.05, 0.1) is 13.2 Å². The summed E-state index contributed by atoms with van der Waals surface area (Å²) in [7, 11) is 0. The molecular weight excluding hydrogens is 262 g/mol. The minimum absolute atomic E-state index is 0.00379. The Morgan fingerprint density at radius 1 is 1.19 bits per heavy atom. The average molecular weight is 291 g/mol. The van der Waals surface area contributed by atoms with E-state index in [9.17, 15) is 0 Å². The first kappa shape index (κ1) is 16.4. The van der Waals surface area contributed by atoms with Crippen LogP contribution in [0.25, 0.3) is 0 Å². The highest BCUT2D eigenvalue weighted by molar-refractivity contribution is 5.29. The molecule has 1 aliphatic rings. The third kappa shape index (κ3) is 4.04. The summed E-state index contributed by atoms with van der Waals surface area (Å²) in [5.74, 6) is 5.88. The molecule has 2 rings (SSSR count). The molecule has 1 heterocycles. The standard InChI is InChI=1S/C17H29N3O/c1-13-9-14(2)11-15(10-13)12-16(19-18)17(3,4)20-5-7-21-8-6-20/h9-11,16,19H,5-8,12,18H2,1-4H3. The molecule has 0 aromatic heterocycles. The van der Waals surface area contributed by atoms with Crippen LogP contribution in [0.4, 0.5) is 0 Å². The summed E-state index contributed by atoms with van der Waals surface area (Å²) in [6.45, 7) is 12.4.